The molecule has 1 fully saturated rings. The van der Waals surface area contributed by atoms with Crippen molar-refractivity contribution >= 4 is 10.0 Å². The molecule has 0 radical (unpaired) electrons. The average Bonchev–Trinajstić information content (AvgIpc) is 3.38. The summed E-state index contributed by atoms with van der Waals surface area (Å²) in [6, 6.07) is 6.35. The van der Waals surface area contributed by atoms with E-state index in [0.717, 1.165) is 0 Å². The van der Waals surface area contributed by atoms with Crippen molar-refractivity contribution in [3.8, 4) is 17.3 Å². The molecule has 9 nitrogen and oxygen atoms in total. The van der Waals surface area contributed by atoms with E-state index in [0.29, 0.717) is 36.8 Å². The van der Waals surface area contributed by atoms with Gasteiger partial charge in [0.2, 0.25) is 10.0 Å². The van der Waals surface area contributed by atoms with Crippen LogP contribution in [0.15, 0.2) is 52.3 Å². The fraction of sp³-hybridized carbons (Fsp3) is 0.294. The van der Waals surface area contributed by atoms with Crippen molar-refractivity contribution in [1.29, 1.82) is 0 Å². The maximum absolute atomic E-state index is 12.8. The topological polar surface area (TPSA) is 111 Å². The van der Waals surface area contributed by atoms with Gasteiger partial charge in [0.25, 0.3) is 5.89 Å². The molecule has 3 aromatic rings. The first-order chi connectivity index (χ1) is 13.1. The fourth-order valence-corrected chi connectivity index (χ4v) is 4.47. The number of sulfonamides is 1. The molecule has 3 heterocycles. The van der Waals surface area contributed by atoms with Gasteiger partial charge in [0.15, 0.2) is 5.82 Å². The Morgan fingerprint density at radius 3 is 2.74 bits per heavy atom. The van der Waals surface area contributed by atoms with Gasteiger partial charge in [-0.1, -0.05) is 5.16 Å². The minimum atomic E-state index is -3.58. The zero-order chi connectivity index (χ0) is 18.9. The SMILES string of the molecule is COc1ccc(S(=O)(=O)N2CCC(c3noc(-c4cnccn4)n3)C2)cc1. The van der Waals surface area contributed by atoms with Gasteiger partial charge in [-0.15, -0.1) is 0 Å². The number of aromatic nitrogens is 4. The van der Waals surface area contributed by atoms with E-state index in [1.807, 2.05) is 0 Å². The number of benzene rings is 1. The van der Waals surface area contributed by atoms with Gasteiger partial charge < -0.3 is 9.26 Å². The van der Waals surface area contributed by atoms with Crippen molar-refractivity contribution in [2.24, 2.45) is 0 Å². The molecule has 1 unspecified atom stereocenters. The van der Waals surface area contributed by atoms with Crippen LogP contribution in [0.4, 0.5) is 0 Å². The molecule has 1 atom stereocenters. The summed E-state index contributed by atoms with van der Waals surface area (Å²) in [4.78, 5) is 12.7. The van der Waals surface area contributed by atoms with Crippen LogP contribution >= 0.6 is 0 Å². The molecule has 10 heteroatoms. The maximum Gasteiger partial charge on any atom is 0.278 e. The summed E-state index contributed by atoms with van der Waals surface area (Å²) < 4.78 is 37.4. The molecule has 0 aliphatic carbocycles. The first-order valence-electron chi connectivity index (χ1n) is 8.32. The number of ether oxygens (including phenoxy) is 1. The zero-order valence-electron chi connectivity index (χ0n) is 14.5. The number of hydrogen-bond donors (Lipinski definition) is 0. The predicted octanol–water partition coefficient (Wildman–Crippen LogP) is 1.71. The third-order valence-corrected chi connectivity index (χ3v) is 6.32. The number of nitrogens with zero attached hydrogens (tertiary/aromatic N) is 5. The van der Waals surface area contributed by atoms with Crippen LogP contribution in [0.25, 0.3) is 11.6 Å². The second kappa shape index (κ2) is 7.05. The molecule has 2 aromatic heterocycles. The molecule has 0 amide bonds. The predicted molar refractivity (Wildman–Crippen MR) is 94.4 cm³/mol. The van der Waals surface area contributed by atoms with Crippen LogP contribution in [0, 0.1) is 0 Å². The van der Waals surface area contributed by atoms with Crippen molar-refractivity contribution in [2.75, 3.05) is 20.2 Å². The van der Waals surface area contributed by atoms with Crippen LogP contribution in [-0.4, -0.2) is 53.0 Å². The van der Waals surface area contributed by atoms with Crippen molar-refractivity contribution < 1.29 is 17.7 Å². The van der Waals surface area contributed by atoms with E-state index >= 15 is 0 Å². The summed E-state index contributed by atoms with van der Waals surface area (Å²) in [5, 5.41) is 3.99. The van der Waals surface area contributed by atoms with E-state index in [2.05, 4.69) is 20.1 Å². The third-order valence-electron chi connectivity index (χ3n) is 4.44. The smallest absolute Gasteiger partial charge is 0.278 e. The van der Waals surface area contributed by atoms with Crippen LogP contribution < -0.4 is 4.74 Å². The highest BCUT2D eigenvalue weighted by atomic mass is 32.2. The first-order valence-corrected chi connectivity index (χ1v) is 9.76. The van der Waals surface area contributed by atoms with E-state index in [1.165, 1.54) is 23.8 Å². The Balaban J connectivity index is 1.50. The number of hydrogen-bond acceptors (Lipinski definition) is 8. The Bertz CT molecular complexity index is 1020. The summed E-state index contributed by atoms with van der Waals surface area (Å²) in [6.45, 7) is 0.696. The van der Waals surface area contributed by atoms with Crippen molar-refractivity contribution in [3.05, 3.63) is 48.7 Å². The average molecular weight is 387 g/mol. The first kappa shape index (κ1) is 17.6. The second-order valence-electron chi connectivity index (χ2n) is 6.07. The molecule has 0 N–H and O–H groups in total. The molecule has 1 aromatic carbocycles. The van der Waals surface area contributed by atoms with Crippen molar-refractivity contribution in [1.82, 2.24) is 24.4 Å². The number of rotatable bonds is 5. The third kappa shape index (κ3) is 3.40. The van der Waals surface area contributed by atoms with Crippen molar-refractivity contribution in [3.63, 3.8) is 0 Å². The van der Waals surface area contributed by atoms with Crippen molar-refractivity contribution in [2.45, 2.75) is 17.2 Å². The van der Waals surface area contributed by atoms with Gasteiger partial charge in [-0.25, -0.2) is 13.4 Å². The van der Waals surface area contributed by atoms with Gasteiger partial charge in [-0.2, -0.15) is 9.29 Å². The van der Waals surface area contributed by atoms with Gasteiger partial charge in [-0.3, -0.25) is 4.98 Å². The molecule has 4 rings (SSSR count). The Morgan fingerprint density at radius 2 is 2.04 bits per heavy atom. The highest BCUT2D eigenvalue weighted by Gasteiger charge is 2.35. The van der Waals surface area contributed by atoms with Gasteiger partial charge in [0.1, 0.15) is 11.4 Å². The van der Waals surface area contributed by atoms with E-state index in [4.69, 9.17) is 9.26 Å². The Labute approximate surface area is 156 Å². The summed E-state index contributed by atoms with van der Waals surface area (Å²) in [6.07, 6.45) is 5.25. The largest absolute Gasteiger partial charge is 0.497 e. The molecule has 1 saturated heterocycles. The van der Waals surface area contributed by atoms with Crippen LogP contribution in [0.2, 0.25) is 0 Å². The molecule has 1 aliphatic rings. The second-order valence-corrected chi connectivity index (χ2v) is 8.01. The monoisotopic (exact) mass is 387 g/mol. The van der Waals surface area contributed by atoms with Gasteiger partial charge in [0.05, 0.1) is 18.2 Å². The molecular weight excluding hydrogens is 370 g/mol. The molecule has 0 spiro atoms. The molecule has 0 bridgehead atoms. The Kier molecular flexibility index (Phi) is 4.58. The molecule has 0 saturated carbocycles. The summed E-state index contributed by atoms with van der Waals surface area (Å²) >= 11 is 0. The van der Waals surface area contributed by atoms with Gasteiger partial charge >= 0.3 is 0 Å². The quantitative estimate of drug-likeness (QED) is 0.650. The molecular formula is C17H17N5O4S. The zero-order valence-corrected chi connectivity index (χ0v) is 15.3. The number of methoxy groups -OCH3 is 1. The minimum Gasteiger partial charge on any atom is -0.497 e. The van der Waals surface area contributed by atoms with Gasteiger partial charge in [0, 0.05) is 31.4 Å². The molecule has 1 aliphatic heterocycles. The fourth-order valence-electron chi connectivity index (χ4n) is 2.97. The Morgan fingerprint density at radius 1 is 1.22 bits per heavy atom. The Hall–Kier alpha value is -2.85. The van der Waals surface area contributed by atoms with E-state index in [1.54, 1.807) is 30.5 Å². The summed E-state index contributed by atoms with van der Waals surface area (Å²) in [5.41, 5.74) is 0.483. The lowest BCUT2D eigenvalue weighted by Crippen LogP contribution is -2.28. The standard InChI is InChI=1S/C17H17N5O4S/c1-25-13-2-4-14(5-3-13)27(23,24)22-9-6-12(11-22)16-20-17(26-21-16)15-10-18-7-8-19-15/h2-5,7-8,10,12H,6,9,11H2,1H3. The van der Waals surface area contributed by atoms with Crippen LogP contribution in [0.5, 0.6) is 5.75 Å². The maximum atomic E-state index is 12.8. The van der Waals surface area contributed by atoms with Crippen LogP contribution in [0.1, 0.15) is 18.2 Å². The highest BCUT2D eigenvalue weighted by Crippen LogP contribution is 2.31. The van der Waals surface area contributed by atoms with E-state index in [9.17, 15) is 8.42 Å². The summed E-state index contributed by atoms with van der Waals surface area (Å²) in [7, 11) is -2.04. The lowest BCUT2D eigenvalue weighted by Gasteiger charge is -2.16. The highest BCUT2D eigenvalue weighted by molar-refractivity contribution is 7.89. The normalized spacial score (nSPS) is 17.9. The van der Waals surface area contributed by atoms with Crippen LogP contribution in [-0.2, 0) is 10.0 Å². The molecule has 140 valence electrons. The van der Waals surface area contributed by atoms with Crippen LogP contribution in [0.3, 0.4) is 0 Å². The van der Waals surface area contributed by atoms with E-state index < -0.39 is 10.0 Å². The van der Waals surface area contributed by atoms with Gasteiger partial charge in [-0.05, 0) is 30.7 Å². The minimum absolute atomic E-state index is 0.132. The molecule has 27 heavy (non-hydrogen) atoms. The van der Waals surface area contributed by atoms with E-state index in [-0.39, 0.29) is 16.7 Å². The summed E-state index contributed by atoms with van der Waals surface area (Å²) in [5.74, 6) is 1.22. The lowest BCUT2D eigenvalue weighted by molar-refractivity contribution is 0.412. The lowest BCUT2D eigenvalue weighted by atomic mass is 10.1.